The van der Waals surface area contributed by atoms with Crippen LogP contribution >= 0.6 is 0 Å². The first-order valence-corrected chi connectivity index (χ1v) is 9.10. The third-order valence-electron chi connectivity index (χ3n) is 5.84. The molecule has 2 aliphatic rings. The maximum absolute atomic E-state index is 12.6. The van der Waals surface area contributed by atoms with Crippen LogP contribution in [0, 0.1) is 17.8 Å². The topological polar surface area (TPSA) is 9.23 Å². The highest BCUT2D eigenvalue weighted by molar-refractivity contribution is 5.29. The van der Waals surface area contributed by atoms with Gasteiger partial charge in [-0.1, -0.05) is 18.2 Å². The molecule has 1 aromatic rings. The normalized spacial score (nSPS) is 32.9. The van der Waals surface area contributed by atoms with Crippen molar-refractivity contribution >= 4 is 0 Å². The van der Waals surface area contributed by atoms with E-state index < -0.39 is 36.3 Å². The molecule has 2 saturated carbocycles. The molecule has 0 radical (unpaired) electrons. The molecule has 0 bridgehead atoms. The van der Waals surface area contributed by atoms with Crippen LogP contribution in [0.25, 0.3) is 0 Å². The van der Waals surface area contributed by atoms with Gasteiger partial charge in [-0.3, -0.25) is 0 Å². The summed E-state index contributed by atoms with van der Waals surface area (Å²) >= 11 is 0. The fourth-order valence-corrected chi connectivity index (χ4v) is 4.41. The van der Waals surface area contributed by atoms with Gasteiger partial charge in [-0.25, -0.2) is 0 Å². The third-order valence-corrected chi connectivity index (χ3v) is 5.84. The number of hydrogen-bond donors (Lipinski definition) is 0. The first-order chi connectivity index (χ1) is 13.6. The van der Waals surface area contributed by atoms with Crippen molar-refractivity contribution in [1.29, 1.82) is 0 Å². The molecule has 0 saturated heterocycles. The first-order valence-electron chi connectivity index (χ1n) is 11.1. The summed E-state index contributed by atoms with van der Waals surface area (Å²) in [7, 11) is 0. The van der Waals surface area contributed by atoms with Gasteiger partial charge in [-0.2, -0.15) is 0 Å². The lowest BCUT2D eigenvalue weighted by atomic mass is 9.68. The Morgan fingerprint density at radius 1 is 0.920 bits per heavy atom. The second kappa shape index (κ2) is 7.84. The van der Waals surface area contributed by atoms with Crippen LogP contribution in [-0.2, 0) is 0 Å². The summed E-state index contributed by atoms with van der Waals surface area (Å²) in [5, 5.41) is 0. The lowest BCUT2D eigenvalue weighted by Gasteiger charge is -2.37. The van der Waals surface area contributed by atoms with Gasteiger partial charge in [0.2, 0.25) is 0 Å². The number of alkyl halides is 3. The summed E-state index contributed by atoms with van der Waals surface area (Å²) in [5.74, 6) is 0.675. The third kappa shape index (κ3) is 5.02. The lowest BCUT2D eigenvalue weighted by Crippen LogP contribution is -2.25. The van der Waals surface area contributed by atoms with Gasteiger partial charge in [0.15, 0.2) is 0 Å². The Kier molecular flexibility index (Phi) is 4.30. The average Bonchev–Trinajstić information content (AvgIpc) is 2.70. The van der Waals surface area contributed by atoms with Crippen molar-refractivity contribution in [3.8, 4) is 5.75 Å². The Balaban J connectivity index is 1.73. The second-order valence-corrected chi connectivity index (χ2v) is 7.31. The molecule has 3 rings (SSSR count). The fraction of sp³-hybridized carbons (Fsp3) is 0.619. The predicted molar refractivity (Wildman–Crippen MR) is 93.5 cm³/mol. The molecule has 0 unspecified atom stereocenters. The van der Waals surface area contributed by atoms with E-state index in [1.807, 2.05) is 6.08 Å². The van der Waals surface area contributed by atoms with E-state index in [-0.39, 0.29) is 11.5 Å². The van der Waals surface area contributed by atoms with Crippen molar-refractivity contribution in [3.63, 3.8) is 0 Å². The zero-order chi connectivity index (χ0) is 21.3. The van der Waals surface area contributed by atoms with Crippen LogP contribution in [-0.4, -0.2) is 6.36 Å². The Hall–Kier alpha value is -1.45. The highest BCUT2D eigenvalue weighted by Crippen LogP contribution is 2.44. The van der Waals surface area contributed by atoms with Gasteiger partial charge in [0.1, 0.15) is 5.75 Å². The SMILES string of the molecule is [2H]c1c([2H])c(C2CCC(C3CCC(C=C)CC3)CC2)c([2H])c([2H])c1OC(F)(F)F. The maximum atomic E-state index is 12.6. The molecular weight excluding hydrogens is 325 g/mol. The van der Waals surface area contributed by atoms with Crippen LogP contribution in [0.2, 0.25) is 0 Å². The van der Waals surface area contributed by atoms with Crippen LogP contribution in [0.4, 0.5) is 13.2 Å². The largest absolute Gasteiger partial charge is 0.573 e. The summed E-state index contributed by atoms with van der Waals surface area (Å²) in [5.41, 5.74) is 0.225. The number of ether oxygens (including phenoxy) is 1. The summed E-state index contributed by atoms with van der Waals surface area (Å²) < 4.78 is 73.6. The molecule has 0 amide bonds. The Bertz CT molecular complexity index is 720. The van der Waals surface area contributed by atoms with Crippen LogP contribution in [0.1, 0.15) is 68.3 Å². The summed E-state index contributed by atoms with van der Waals surface area (Å²) in [6, 6.07) is -2.35. The van der Waals surface area contributed by atoms with Gasteiger partial charge in [-0.05, 0) is 92.7 Å². The molecule has 4 heteroatoms. The number of benzene rings is 1. The van der Waals surface area contributed by atoms with Crippen molar-refractivity contribution in [2.45, 2.75) is 63.6 Å². The molecule has 25 heavy (non-hydrogen) atoms. The monoisotopic (exact) mass is 356 g/mol. The highest BCUT2D eigenvalue weighted by Gasteiger charge is 2.32. The Labute approximate surface area is 153 Å². The average molecular weight is 356 g/mol. The molecule has 0 spiro atoms. The molecule has 1 aromatic carbocycles. The molecule has 0 atom stereocenters. The van der Waals surface area contributed by atoms with Gasteiger partial charge >= 0.3 is 6.36 Å². The van der Waals surface area contributed by atoms with E-state index in [0.717, 1.165) is 25.7 Å². The molecular formula is C21H27F3O. The smallest absolute Gasteiger partial charge is 0.406 e. The van der Waals surface area contributed by atoms with E-state index in [2.05, 4.69) is 11.3 Å². The Morgan fingerprint density at radius 2 is 1.44 bits per heavy atom. The summed E-state index contributed by atoms with van der Waals surface area (Å²) in [4.78, 5) is 0. The molecule has 0 heterocycles. The van der Waals surface area contributed by atoms with Gasteiger partial charge in [0.25, 0.3) is 0 Å². The van der Waals surface area contributed by atoms with E-state index in [1.54, 1.807) is 0 Å². The summed E-state index contributed by atoms with van der Waals surface area (Å²) in [6.07, 6.45) is 5.09. The standard InChI is InChI=1S/C21H27F3O/c1-2-15-3-5-16(6-4-15)17-7-9-18(10-8-17)19-11-13-20(14-12-19)25-21(22,23)24/h2,11-18H,1,3-10H2/i11D,12D,13D,14D. The highest BCUT2D eigenvalue weighted by atomic mass is 19.4. The van der Waals surface area contributed by atoms with Crippen molar-refractivity contribution in [1.82, 2.24) is 0 Å². The van der Waals surface area contributed by atoms with Crippen LogP contribution in [0.15, 0.2) is 36.8 Å². The maximum Gasteiger partial charge on any atom is 0.573 e. The quantitative estimate of drug-likeness (QED) is 0.536. The van der Waals surface area contributed by atoms with Crippen molar-refractivity contribution < 1.29 is 23.4 Å². The minimum Gasteiger partial charge on any atom is -0.406 e. The van der Waals surface area contributed by atoms with Crippen LogP contribution in [0.3, 0.4) is 0 Å². The summed E-state index contributed by atoms with van der Waals surface area (Å²) in [6.45, 7) is 3.88. The Morgan fingerprint density at radius 3 is 1.92 bits per heavy atom. The minimum atomic E-state index is -5.06. The van der Waals surface area contributed by atoms with E-state index in [9.17, 15) is 13.2 Å². The predicted octanol–water partition coefficient (Wildman–Crippen LogP) is 6.85. The number of halogens is 3. The molecule has 2 aliphatic carbocycles. The van der Waals surface area contributed by atoms with Gasteiger partial charge in [0.05, 0.1) is 5.48 Å². The number of rotatable bonds is 4. The minimum absolute atomic E-state index is 0.163. The van der Waals surface area contributed by atoms with Crippen molar-refractivity contribution in [2.24, 2.45) is 17.8 Å². The van der Waals surface area contributed by atoms with Crippen LogP contribution in [0.5, 0.6) is 5.75 Å². The molecule has 0 aromatic heterocycles. The molecule has 138 valence electrons. The second-order valence-electron chi connectivity index (χ2n) is 7.31. The number of allylic oxidation sites excluding steroid dienone is 1. The number of hydrogen-bond acceptors (Lipinski definition) is 1. The van der Waals surface area contributed by atoms with Gasteiger partial charge < -0.3 is 4.74 Å². The van der Waals surface area contributed by atoms with E-state index in [4.69, 9.17) is 5.48 Å². The van der Waals surface area contributed by atoms with Gasteiger partial charge in [-0.15, -0.1) is 19.8 Å². The first kappa shape index (κ1) is 13.7. The molecule has 0 N–H and O–H groups in total. The molecule has 1 nitrogen and oxygen atoms in total. The zero-order valence-electron chi connectivity index (χ0n) is 18.3. The van der Waals surface area contributed by atoms with E-state index >= 15 is 0 Å². The van der Waals surface area contributed by atoms with Crippen molar-refractivity contribution in [3.05, 3.63) is 42.4 Å². The van der Waals surface area contributed by atoms with E-state index in [0.29, 0.717) is 17.8 Å². The van der Waals surface area contributed by atoms with Crippen LogP contribution < -0.4 is 4.74 Å². The zero-order valence-corrected chi connectivity index (χ0v) is 14.3. The fourth-order valence-electron chi connectivity index (χ4n) is 4.41. The van der Waals surface area contributed by atoms with E-state index in [1.165, 1.54) is 25.7 Å². The lowest BCUT2D eigenvalue weighted by molar-refractivity contribution is -0.274. The molecule has 2 fully saturated rings. The molecule has 0 aliphatic heterocycles. The van der Waals surface area contributed by atoms with Gasteiger partial charge in [0, 0.05) is 0 Å². The van der Waals surface area contributed by atoms with Crippen molar-refractivity contribution in [2.75, 3.05) is 0 Å².